The number of benzene rings is 1. The number of anilines is 2. The van der Waals surface area contributed by atoms with E-state index in [4.69, 9.17) is 16.3 Å². The Hall–Kier alpha value is -3.29. The van der Waals surface area contributed by atoms with Gasteiger partial charge in [0.05, 0.1) is 21.5 Å². The van der Waals surface area contributed by atoms with E-state index in [1.54, 1.807) is 6.07 Å². The zero-order chi connectivity index (χ0) is 25.5. The van der Waals surface area contributed by atoms with E-state index in [0.717, 1.165) is 17.4 Å². The number of thiophene rings is 1. The summed E-state index contributed by atoms with van der Waals surface area (Å²) < 4.78 is 33.0. The van der Waals surface area contributed by atoms with E-state index in [1.165, 1.54) is 30.1 Å². The van der Waals surface area contributed by atoms with Crippen molar-refractivity contribution in [1.82, 2.24) is 16.0 Å². The van der Waals surface area contributed by atoms with Crippen LogP contribution in [0.1, 0.15) is 21.7 Å². The van der Waals surface area contributed by atoms with Crippen molar-refractivity contribution in [3.05, 3.63) is 45.1 Å². The van der Waals surface area contributed by atoms with Crippen molar-refractivity contribution in [1.29, 1.82) is 0 Å². The number of morpholine rings is 1. The molecule has 1 saturated heterocycles. The van der Waals surface area contributed by atoms with Gasteiger partial charge in [-0.05, 0) is 30.3 Å². The first kappa shape index (κ1) is 26.3. The van der Waals surface area contributed by atoms with Gasteiger partial charge in [0.25, 0.3) is 18.2 Å². The quantitative estimate of drug-likeness (QED) is 0.417. The summed E-state index contributed by atoms with van der Waals surface area (Å²) in [6.45, 7) is -0.159. The number of carbonyl (C=O) groups is 4. The van der Waals surface area contributed by atoms with Crippen LogP contribution in [0.5, 0.6) is 0 Å². The lowest BCUT2D eigenvalue weighted by Crippen LogP contribution is -2.52. The molecule has 1 fully saturated rings. The lowest BCUT2D eigenvalue weighted by Gasteiger charge is -2.29. The maximum atomic E-state index is 13.8. The molecule has 1 aromatic heterocycles. The van der Waals surface area contributed by atoms with Crippen molar-refractivity contribution in [2.24, 2.45) is 0 Å². The van der Waals surface area contributed by atoms with Crippen LogP contribution in [0, 0.1) is 0 Å². The molecular formula is C21H22ClF2N5O5S. The van der Waals surface area contributed by atoms with Crippen molar-refractivity contribution in [2.75, 3.05) is 43.6 Å². The molecule has 10 nitrogen and oxygen atoms in total. The van der Waals surface area contributed by atoms with E-state index in [1.807, 2.05) is 0 Å². The van der Waals surface area contributed by atoms with E-state index in [0.29, 0.717) is 9.21 Å². The number of urea groups is 1. The molecule has 0 unspecified atom stereocenters. The van der Waals surface area contributed by atoms with Crippen molar-refractivity contribution >= 4 is 58.1 Å². The molecule has 1 aliphatic heterocycles. The Morgan fingerprint density at radius 2 is 2.00 bits per heavy atom. The van der Waals surface area contributed by atoms with Crippen LogP contribution >= 0.6 is 22.9 Å². The van der Waals surface area contributed by atoms with Gasteiger partial charge < -0.3 is 30.9 Å². The highest BCUT2D eigenvalue weighted by atomic mass is 35.5. The third-order valence-electron chi connectivity index (χ3n) is 4.92. The van der Waals surface area contributed by atoms with E-state index >= 15 is 0 Å². The Labute approximate surface area is 207 Å². The Bertz CT molecular complexity index is 1120. The van der Waals surface area contributed by atoms with Gasteiger partial charge >= 0.3 is 6.03 Å². The number of carbonyl (C=O) groups excluding carboxylic acids is 4. The average Bonchev–Trinajstić information content (AvgIpc) is 3.28. The van der Waals surface area contributed by atoms with Gasteiger partial charge in [-0.25, -0.2) is 13.6 Å². The summed E-state index contributed by atoms with van der Waals surface area (Å²) in [5.74, 6) is -1.71. The molecule has 0 spiro atoms. The topological polar surface area (TPSA) is 129 Å². The van der Waals surface area contributed by atoms with Crippen molar-refractivity contribution in [3.63, 3.8) is 0 Å². The standard InChI is InChI=1S/C21H22ClF2N5O5S/c1-25-21(33)28-13(9-26-20(32)15-4-5-16(22)35-15)19(31)27-11-2-3-14(12(8-11)18(23)24)29-6-7-34-10-17(29)30/h2-5,8,13,18H,6-7,9-10H2,1H3,(H,26,32)(H,27,31)(H2,25,28,33)/t13-/m0/s1. The summed E-state index contributed by atoms with van der Waals surface area (Å²) in [4.78, 5) is 50.5. The van der Waals surface area contributed by atoms with E-state index < -0.39 is 41.8 Å². The second kappa shape index (κ2) is 11.9. The molecule has 0 aliphatic carbocycles. The normalized spacial score (nSPS) is 14.4. The summed E-state index contributed by atoms with van der Waals surface area (Å²) in [7, 11) is 1.34. The number of alkyl halides is 2. The van der Waals surface area contributed by atoms with Crippen molar-refractivity contribution < 1.29 is 32.7 Å². The number of hydrogen-bond donors (Lipinski definition) is 4. The van der Waals surface area contributed by atoms with E-state index in [2.05, 4.69) is 21.3 Å². The minimum Gasteiger partial charge on any atom is -0.370 e. The number of amides is 5. The van der Waals surface area contributed by atoms with Gasteiger partial charge in [-0.1, -0.05) is 11.6 Å². The average molecular weight is 530 g/mol. The zero-order valence-corrected chi connectivity index (χ0v) is 20.0. The van der Waals surface area contributed by atoms with Gasteiger partial charge in [-0.3, -0.25) is 14.4 Å². The summed E-state index contributed by atoms with van der Waals surface area (Å²) >= 11 is 6.87. The molecule has 5 amide bonds. The number of nitrogens with zero attached hydrogens (tertiary/aromatic N) is 1. The molecule has 1 aromatic carbocycles. The Morgan fingerprint density at radius 1 is 1.23 bits per heavy atom. The Balaban J connectivity index is 1.75. The third-order valence-corrected chi connectivity index (χ3v) is 6.15. The highest BCUT2D eigenvalue weighted by Crippen LogP contribution is 2.33. The minimum absolute atomic E-state index is 0.0215. The monoisotopic (exact) mass is 529 g/mol. The van der Waals surface area contributed by atoms with Crippen LogP contribution in [0.15, 0.2) is 30.3 Å². The van der Waals surface area contributed by atoms with Gasteiger partial charge in [0.2, 0.25) is 5.91 Å². The van der Waals surface area contributed by atoms with Gasteiger partial charge in [0.15, 0.2) is 0 Å². The SMILES string of the molecule is CNC(=O)N[C@@H](CNC(=O)c1ccc(Cl)s1)C(=O)Nc1ccc(N2CCOCC2=O)c(C(F)F)c1. The number of halogens is 3. The van der Waals surface area contributed by atoms with Crippen LogP contribution in [0.25, 0.3) is 0 Å². The fraction of sp³-hybridized carbons (Fsp3) is 0.333. The summed E-state index contributed by atoms with van der Waals surface area (Å²) in [6.07, 6.45) is -2.92. The lowest BCUT2D eigenvalue weighted by atomic mass is 10.1. The van der Waals surface area contributed by atoms with Crippen LogP contribution in [-0.4, -0.2) is 63.1 Å². The molecule has 0 radical (unpaired) electrons. The highest BCUT2D eigenvalue weighted by Gasteiger charge is 2.27. The summed E-state index contributed by atoms with van der Waals surface area (Å²) in [5.41, 5.74) is -0.403. The Kier molecular flexibility index (Phi) is 8.95. The molecule has 4 N–H and O–H groups in total. The molecule has 188 valence electrons. The predicted molar refractivity (Wildman–Crippen MR) is 126 cm³/mol. The number of nitrogens with one attached hydrogen (secondary N) is 4. The second-order valence-corrected chi connectivity index (χ2v) is 8.97. The second-order valence-electron chi connectivity index (χ2n) is 7.25. The highest BCUT2D eigenvalue weighted by molar-refractivity contribution is 7.18. The molecule has 2 aromatic rings. The third kappa shape index (κ3) is 6.87. The molecule has 2 heterocycles. The number of ether oxygens (including phenoxy) is 1. The van der Waals surface area contributed by atoms with Gasteiger partial charge in [0, 0.05) is 31.4 Å². The molecular weight excluding hydrogens is 508 g/mol. The molecule has 0 saturated carbocycles. The number of rotatable bonds is 8. The fourth-order valence-electron chi connectivity index (χ4n) is 3.21. The maximum absolute atomic E-state index is 13.8. The first-order valence-electron chi connectivity index (χ1n) is 10.3. The molecule has 14 heteroatoms. The van der Waals surface area contributed by atoms with Crippen LogP contribution in [0.3, 0.4) is 0 Å². The van der Waals surface area contributed by atoms with Crippen LogP contribution in [0.4, 0.5) is 25.0 Å². The van der Waals surface area contributed by atoms with Gasteiger partial charge in [-0.2, -0.15) is 0 Å². The van der Waals surface area contributed by atoms with E-state index in [9.17, 15) is 28.0 Å². The minimum atomic E-state index is -2.92. The van der Waals surface area contributed by atoms with Gasteiger partial charge in [0.1, 0.15) is 12.6 Å². The van der Waals surface area contributed by atoms with Crippen molar-refractivity contribution in [2.45, 2.75) is 12.5 Å². The largest absolute Gasteiger partial charge is 0.370 e. The molecule has 1 atom stereocenters. The smallest absolute Gasteiger partial charge is 0.315 e. The first-order valence-corrected chi connectivity index (χ1v) is 11.5. The number of hydrogen-bond acceptors (Lipinski definition) is 6. The lowest BCUT2D eigenvalue weighted by molar-refractivity contribution is -0.125. The molecule has 35 heavy (non-hydrogen) atoms. The summed E-state index contributed by atoms with van der Waals surface area (Å²) in [6, 6.07) is 4.87. The fourth-order valence-corrected chi connectivity index (χ4v) is 4.17. The van der Waals surface area contributed by atoms with Crippen LogP contribution < -0.4 is 26.2 Å². The molecule has 1 aliphatic rings. The molecule has 3 rings (SSSR count). The first-order chi connectivity index (χ1) is 16.7. The zero-order valence-electron chi connectivity index (χ0n) is 18.4. The van der Waals surface area contributed by atoms with Gasteiger partial charge in [-0.15, -0.1) is 11.3 Å². The summed E-state index contributed by atoms with van der Waals surface area (Å²) in [5, 5.41) is 9.69. The predicted octanol–water partition coefficient (Wildman–Crippen LogP) is 2.37. The van der Waals surface area contributed by atoms with E-state index in [-0.39, 0.29) is 37.7 Å². The van der Waals surface area contributed by atoms with Crippen molar-refractivity contribution in [3.8, 4) is 0 Å². The van der Waals surface area contributed by atoms with Crippen LogP contribution in [0.2, 0.25) is 4.34 Å². The maximum Gasteiger partial charge on any atom is 0.315 e. The molecule has 0 bridgehead atoms. The van der Waals surface area contributed by atoms with Crippen LogP contribution in [-0.2, 0) is 14.3 Å². The Morgan fingerprint density at radius 3 is 2.63 bits per heavy atom.